The number of hydrogen-bond acceptors (Lipinski definition) is 2. The van der Waals surface area contributed by atoms with E-state index in [2.05, 4.69) is 44.3 Å². The predicted molar refractivity (Wildman–Crippen MR) is 71.8 cm³/mol. The van der Waals surface area contributed by atoms with Crippen LogP contribution in [0.1, 0.15) is 44.2 Å². The van der Waals surface area contributed by atoms with Crippen LogP contribution >= 0.6 is 0 Å². The molecule has 1 heterocycles. The van der Waals surface area contributed by atoms with Crippen LogP contribution in [0.25, 0.3) is 0 Å². The Morgan fingerprint density at radius 3 is 2.88 bits per heavy atom. The number of benzene rings is 1. The lowest BCUT2D eigenvalue weighted by molar-refractivity contribution is 0.350. The molecule has 17 heavy (non-hydrogen) atoms. The molecule has 1 aliphatic rings. The highest BCUT2D eigenvalue weighted by Gasteiger charge is 2.19. The molecule has 1 aromatic carbocycles. The first-order valence-electron chi connectivity index (χ1n) is 6.66. The zero-order chi connectivity index (χ0) is 12.3. The van der Waals surface area contributed by atoms with E-state index in [0.717, 1.165) is 31.7 Å². The number of para-hydroxylation sites is 1. The predicted octanol–water partition coefficient (Wildman–Crippen LogP) is 3.11. The maximum atomic E-state index is 5.76. The van der Waals surface area contributed by atoms with Crippen molar-refractivity contribution in [1.82, 2.24) is 5.32 Å². The largest absolute Gasteiger partial charge is 0.493 e. The first-order valence-corrected chi connectivity index (χ1v) is 6.66. The van der Waals surface area contributed by atoms with Gasteiger partial charge in [0.25, 0.3) is 0 Å². The van der Waals surface area contributed by atoms with Gasteiger partial charge in [0.05, 0.1) is 6.61 Å². The monoisotopic (exact) mass is 233 g/mol. The van der Waals surface area contributed by atoms with Crippen molar-refractivity contribution in [2.45, 2.75) is 45.6 Å². The van der Waals surface area contributed by atoms with Gasteiger partial charge in [0.2, 0.25) is 0 Å². The third-order valence-corrected chi connectivity index (χ3v) is 3.41. The van der Waals surface area contributed by atoms with Crippen LogP contribution in [-0.2, 0) is 6.42 Å². The fourth-order valence-electron chi connectivity index (χ4n) is 2.37. The van der Waals surface area contributed by atoms with Crippen molar-refractivity contribution in [3.05, 3.63) is 29.3 Å². The minimum Gasteiger partial charge on any atom is -0.493 e. The van der Waals surface area contributed by atoms with Crippen LogP contribution in [-0.4, -0.2) is 19.2 Å². The van der Waals surface area contributed by atoms with Gasteiger partial charge < -0.3 is 10.1 Å². The average molecular weight is 233 g/mol. The van der Waals surface area contributed by atoms with E-state index < -0.39 is 0 Å². The van der Waals surface area contributed by atoms with Crippen molar-refractivity contribution in [3.8, 4) is 5.75 Å². The van der Waals surface area contributed by atoms with E-state index in [1.807, 2.05) is 0 Å². The maximum Gasteiger partial charge on any atom is 0.126 e. The number of fused-ring (bicyclic) bond motifs is 1. The van der Waals surface area contributed by atoms with Crippen molar-refractivity contribution in [2.75, 3.05) is 13.2 Å². The Kier molecular flexibility index (Phi) is 4.06. The average Bonchev–Trinajstić information content (AvgIpc) is 2.75. The van der Waals surface area contributed by atoms with E-state index in [4.69, 9.17) is 4.74 Å². The zero-order valence-corrected chi connectivity index (χ0v) is 11.1. The molecule has 1 unspecified atom stereocenters. The number of ether oxygens (including phenoxy) is 1. The molecule has 0 spiro atoms. The Morgan fingerprint density at radius 2 is 2.12 bits per heavy atom. The number of nitrogens with one attached hydrogen (secondary N) is 1. The second kappa shape index (κ2) is 5.54. The highest BCUT2D eigenvalue weighted by atomic mass is 16.5. The summed E-state index contributed by atoms with van der Waals surface area (Å²) in [5, 5.41) is 3.47. The Labute approximate surface area is 104 Å². The van der Waals surface area contributed by atoms with E-state index in [9.17, 15) is 0 Å². The summed E-state index contributed by atoms with van der Waals surface area (Å²) in [5.41, 5.74) is 2.76. The molecule has 1 aromatic rings. The third kappa shape index (κ3) is 3.01. The second-order valence-electron chi connectivity index (χ2n) is 5.23. The maximum absolute atomic E-state index is 5.76. The molecule has 0 saturated heterocycles. The van der Waals surface area contributed by atoms with Crippen molar-refractivity contribution < 1.29 is 4.74 Å². The molecule has 2 nitrogen and oxygen atoms in total. The quantitative estimate of drug-likeness (QED) is 0.843. The standard InChI is InChI=1S/C15H23NO/c1-11(2)16-9-7-12(3)14-6-4-5-13-8-10-17-15(13)14/h4-6,11-12,16H,7-10H2,1-3H3. The number of rotatable bonds is 5. The highest BCUT2D eigenvalue weighted by Crippen LogP contribution is 2.35. The molecule has 2 rings (SSSR count). The van der Waals surface area contributed by atoms with Gasteiger partial charge in [-0.3, -0.25) is 0 Å². The molecule has 0 amide bonds. The van der Waals surface area contributed by atoms with Crippen LogP contribution in [0, 0.1) is 0 Å². The topological polar surface area (TPSA) is 21.3 Å². The van der Waals surface area contributed by atoms with E-state index >= 15 is 0 Å². The summed E-state index contributed by atoms with van der Waals surface area (Å²) in [7, 11) is 0. The SMILES string of the molecule is CC(C)NCCC(C)c1cccc2c1OCC2. The van der Waals surface area contributed by atoms with Crippen molar-refractivity contribution in [3.63, 3.8) is 0 Å². The molecular weight excluding hydrogens is 210 g/mol. The molecule has 0 fully saturated rings. The van der Waals surface area contributed by atoms with Crippen molar-refractivity contribution in [2.24, 2.45) is 0 Å². The fraction of sp³-hybridized carbons (Fsp3) is 0.600. The smallest absolute Gasteiger partial charge is 0.126 e. The molecule has 0 bridgehead atoms. The summed E-state index contributed by atoms with van der Waals surface area (Å²) in [4.78, 5) is 0. The summed E-state index contributed by atoms with van der Waals surface area (Å²) in [5.74, 6) is 1.72. The fourth-order valence-corrected chi connectivity index (χ4v) is 2.37. The summed E-state index contributed by atoms with van der Waals surface area (Å²) in [6, 6.07) is 7.13. The van der Waals surface area contributed by atoms with Crippen LogP contribution in [0.3, 0.4) is 0 Å². The summed E-state index contributed by atoms with van der Waals surface area (Å²) >= 11 is 0. The molecule has 0 aromatic heterocycles. The zero-order valence-electron chi connectivity index (χ0n) is 11.1. The van der Waals surface area contributed by atoms with Gasteiger partial charge in [-0.1, -0.05) is 39.0 Å². The third-order valence-electron chi connectivity index (χ3n) is 3.41. The molecule has 94 valence electrons. The molecular formula is C15H23NO. The van der Waals surface area contributed by atoms with Crippen molar-refractivity contribution >= 4 is 0 Å². The molecule has 1 N–H and O–H groups in total. The van der Waals surface area contributed by atoms with Crippen LogP contribution in [0.2, 0.25) is 0 Å². The normalized spacial score (nSPS) is 15.8. The highest BCUT2D eigenvalue weighted by molar-refractivity contribution is 5.45. The molecule has 2 heteroatoms. The first-order chi connectivity index (χ1) is 8.18. The molecule has 0 radical (unpaired) electrons. The Morgan fingerprint density at radius 1 is 1.29 bits per heavy atom. The van der Waals surface area contributed by atoms with Crippen LogP contribution in [0.15, 0.2) is 18.2 Å². The molecule has 0 aliphatic carbocycles. The van der Waals surface area contributed by atoms with Gasteiger partial charge in [-0.25, -0.2) is 0 Å². The van der Waals surface area contributed by atoms with Gasteiger partial charge in [-0.2, -0.15) is 0 Å². The Hall–Kier alpha value is -1.02. The Balaban J connectivity index is 1.99. The van der Waals surface area contributed by atoms with E-state index in [0.29, 0.717) is 12.0 Å². The van der Waals surface area contributed by atoms with Gasteiger partial charge in [-0.15, -0.1) is 0 Å². The van der Waals surface area contributed by atoms with Crippen LogP contribution < -0.4 is 10.1 Å². The van der Waals surface area contributed by atoms with Crippen LogP contribution in [0.5, 0.6) is 5.75 Å². The van der Waals surface area contributed by atoms with Crippen LogP contribution in [0.4, 0.5) is 0 Å². The lowest BCUT2D eigenvalue weighted by Crippen LogP contribution is -2.24. The minimum absolute atomic E-state index is 0.564. The van der Waals surface area contributed by atoms with E-state index in [1.165, 1.54) is 11.1 Å². The van der Waals surface area contributed by atoms with E-state index in [-0.39, 0.29) is 0 Å². The first kappa shape index (κ1) is 12.4. The molecule has 1 aliphatic heterocycles. The lowest BCUT2D eigenvalue weighted by atomic mass is 9.94. The van der Waals surface area contributed by atoms with Crippen molar-refractivity contribution in [1.29, 1.82) is 0 Å². The second-order valence-corrected chi connectivity index (χ2v) is 5.23. The van der Waals surface area contributed by atoms with Gasteiger partial charge >= 0.3 is 0 Å². The van der Waals surface area contributed by atoms with Gasteiger partial charge in [0.1, 0.15) is 5.75 Å². The van der Waals surface area contributed by atoms with Gasteiger partial charge in [0.15, 0.2) is 0 Å². The lowest BCUT2D eigenvalue weighted by Gasteiger charge is -2.16. The summed E-state index contributed by atoms with van der Waals surface area (Å²) in [6.45, 7) is 8.59. The van der Waals surface area contributed by atoms with Gasteiger partial charge in [-0.05, 0) is 30.0 Å². The summed E-state index contributed by atoms with van der Waals surface area (Å²) < 4.78 is 5.76. The number of hydrogen-bond donors (Lipinski definition) is 1. The molecule has 0 saturated carbocycles. The molecule has 1 atom stereocenters. The summed E-state index contributed by atoms with van der Waals surface area (Å²) in [6.07, 6.45) is 2.23. The van der Waals surface area contributed by atoms with Gasteiger partial charge in [0, 0.05) is 12.5 Å². The Bertz CT molecular complexity index is 373. The minimum atomic E-state index is 0.564. The van der Waals surface area contributed by atoms with E-state index in [1.54, 1.807) is 0 Å².